The van der Waals surface area contributed by atoms with Crippen LogP contribution in [0.1, 0.15) is 80.6 Å². The lowest BCUT2D eigenvalue weighted by atomic mass is 9.85. The highest BCUT2D eigenvalue weighted by Gasteiger charge is 2.29. The van der Waals surface area contributed by atoms with Crippen LogP contribution in [-0.4, -0.2) is 56.9 Å². The predicted octanol–water partition coefficient (Wildman–Crippen LogP) is 5.43. The van der Waals surface area contributed by atoms with E-state index in [0.29, 0.717) is 24.8 Å². The first-order chi connectivity index (χ1) is 17.8. The SMILES string of the molecule is CC1=C[C@@H](C)[C@H](O)/C=C/CC/C=C/C[C@@H]([C@@H](C)C/C=C/C[C@H](O)[C@@H](C)[C@@H](O)[C@H](C)[C@H](C)O)OC(=O)C(C)=C1. The summed E-state index contributed by atoms with van der Waals surface area (Å²) in [5.41, 5.74) is 1.42. The second kappa shape index (κ2) is 17.6. The van der Waals surface area contributed by atoms with Crippen LogP contribution in [0.15, 0.2) is 59.8 Å². The van der Waals surface area contributed by atoms with Crippen molar-refractivity contribution in [2.75, 3.05) is 0 Å². The summed E-state index contributed by atoms with van der Waals surface area (Å²) in [5.74, 6) is -1.04. The van der Waals surface area contributed by atoms with Crippen molar-refractivity contribution in [1.29, 1.82) is 0 Å². The smallest absolute Gasteiger partial charge is 0.334 e. The third kappa shape index (κ3) is 12.2. The van der Waals surface area contributed by atoms with Gasteiger partial charge in [-0.05, 0) is 58.4 Å². The topological polar surface area (TPSA) is 107 Å². The number of rotatable bonds is 9. The molecule has 216 valence electrons. The van der Waals surface area contributed by atoms with Gasteiger partial charge in [0.25, 0.3) is 0 Å². The quantitative estimate of drug-likeness (QED) is 0.233. The summed E-state index contributed by atoms with van der Waals surface area (Å²) in [6.07, 6.45) is 16.0. The average molecular weight is 533 g/mol. The van der Waals surface area contributed by atoms with Crippen molar-refractivity contribution in [3.63, 3.8) is 0 Å². The van der Waals surface area contributed by atoms with Gasteiger partial charge >= 0.3 is 5.97 Å². The minimum atomic E-state index is -0.791. The molecule has 6 heteroatoms. The Kier molecular flexibility index (Phi) is 15.7. The lowest BCUT2D eigenvalue weighted by Gasteiger charge is -2.29. The van der Waals surface area contributed by atoms with Gasteiger partial charge in [-0.1, -0.05) is 75.8 Å². The Morgan fingerprint density at radius 2 is 1.61 bits per heavy atom. The molecule has 9 atom stereocenters. The van der Waals surface area contributed by atoms with Crippen molar-refractivity contribution >= 4 is 5.97 Å². The summed E-state index contributed by atoms with van der Waals surface area (Å²) in [6, 6.07) is 0. The molecule has 0 saturated carbocycles. The Bertz CT molecular complexity index is 852. The van der Waals surface area contributed by atoms with E-state index in [2.05, 4.69) is 19.1 Å². The molecule has 1 heterocycles. The first-order valence-electron chi connectivity index (χ1n) is 14.1. The maximum atomic E-state index is 12.9. The van der Waals surface area contributed by atoms with E-state index in [9.17, 15) is 25.2 Å². The molecule has 6 nitrogen and oxygen atoms in total. The van der Waals surface area contributed by atoms with Gasteiger partial charge in [0.15, 0.2) is 0 Å². The van der Waals surface area contributed by atoms with Gasteiger partial charge in [-0.15, -0.1) is 0 Å². The van der Waals surface area contributed by atoms with Gasteiger partial charge in [0.2, 0.25) is 0 Å². The fourth-order valence-corrected chi connectivity index (χ4v) is 4.45. The molecule has 0 aromatic rings. The number of carbonyl (C=O) groups is 1. The van der Waals surface area contributed by atoms with Gasteiger partial charge in [0, 0.05) is 29.7 Å². The van der Waals surface area contributed by atoms with E-state index in [4.69, 9.17) is 4.74 Å². The molecule has 0 amide bonds. The second-order valence-electron chi connectivity index (χ2n) is 11.2. The molecule has 0 fully saturated rings. The Hall–Kier alpha value is -1.99. The standard InChI is InChI=1S/C32H52O6/c1-21-19-23(3)28(34)16-11-9-8-10-12-18-30(38-32(37)24(4)20-21)22(2)15-13-14-17-29(35)26(6)31(36)25(5)27(7)33/h10-14,16,19-20,22-23,25-31,33-36H,8-9,15,17-18H2,1-7H3/b12-10+,14-13+,16-11+,21-19?,24-20?/t22-,23+,25+,26+,27-,28+,29-,30-,31-/m0/s1. The molecule has 0 spiro atoms. The van der Waals surface area contributed by atoms with Gasteiger partial charge < -0.3 is 25.2 Å². The molecule has 0 unspecified atom stereocenters. The number of carbonyl (C=O) groups excluding carboxylic acids is 1. The maximum Gasteiger partial charge on any atom is 0.334 e. The summed E-state index contributed by atoms with van der Waals surface area (Å²) in [4.78, 5) is 12.9. The van der Waals surface area contributed by atoms with Gasteiger partial charge in [-0.2, -0.15) is 0 Å². The van der Waals surface area contributed by atoms with E-state index >= 15 is 0 Å². The van der Waals surface area contributed by atoms with Crippen LogP contribution in [0.3, 0.4) is 0 Å². The monoisotopic (exact) mass is 532 g/mol. The highest BCUT2D eigenvalue weighted by molar-refractivity contribution is 5.88. The molecule has 0 aromatic heterocycles. The number of aliphatic hydroxyl groups excluding tert-OH is 4. The number of aliphatic hydroxyl groups is 4. The second-order valence-corrected chi connectivity index (χ2v) is 11.2. The lowest BCUT2D eigenvalue weighted by molar-refractivity contribution is -0.146. The number of hydrogen-bond acceptors (Lipinski definition) is 6. The van der Waals surface area contributed by atoms with Crippen molar-refractivity contribution in [2.45, 2.75) is 111 Å². The summed E-state index contributed by atoms with van der Waals surface area (Å²) in [5, 5.41) is 41.0. The van der Waals surface area contributed by atoms with Crippen molar-refractivity contribution in [1.82, 2.24) is 0 Å². The van der Waals surface area contributed by atoms with Crippen molar-refractivity contribution in [3.05, 3.63) is 59.8 Å². The average Bonchev–Trinajstić information content (AvgIpc) is 2.86. The molecule has 0 aromatic carbocycles. The number of allylic oxidation sites excluding steroid dienone is 5. The zero-order valence-corrected chi connectivity index (χ0v) is 24.5. The normalized spacial score (nSPS) is 28.8. The molecular formula is C32H52O6. The molecular weight excluding hydrogens is 480 g/mol. The van der Waals surface area contributed by atoms with Crippen LogP contribution in [0, 0.1) is 23.7 Å². The third-order valence-corrected chi connectivity index (χ3v) is 7.59. The van der Waals surface area contributed by atoms with Crippen molar-refractivity contribution in [3.8, 4) is 0 Å². The number of hydrogen-bond donors (Lipinski definition) is 4. The highest BCUT2D eigenvalue weighted by Crippen LogP contribution is 2.23. The Labute approximate surface area is 230 Å². The molecule has 1 aliphatic rings. The molecule has 0 radical (unpaired) electrons. The molecule has 4 N–H and O–H groups in total. The minimum Gasteiger partial charge on any atom is -0.458 e. The zero-order valence-electron chi connectivity index (χ0n) is 24.5. The van der Waals surface area contributed by atoms with E-state index in [1.165, 1.54) is 0 Å². The van der Waals surface area contributed by atoms with Crippen LogP contribution in [-0.2, 0) is 9.53 Å². The van der Waals surface area contributed by atoms with Crippen molar-refractivity contribution in [2.24, 2.45) is 23.7 Å². The van der Waals surface area contributed by atoms with Crippen LogP contribution in [0.5, 0.6) is 0 Å². The Balaban J connectivity index is 2.87. The Morgan fingerprint density at radius 3 is 2.26 bits per heavy atom. The number of ether oxygens (including phenoxy) is 1. The van der Waals surface area contributed by atoms with E-state index in [1.807, 2.05) is 44.2 Å². The van der Waals surface area contributed by atoms with Gasteiger partial charge in [0.1, 0.15) is 6.10 Å². The highest BCUT2D eigenvalue weighted by atomic mass is 16.5. The molecule has 0 saturated heterocycles. The largest absolute Gasteiger partial charge is 0.458 e. The summed E-state index contributed by atoms with van der Waals surface area (Å²) in [7, 11) is 0. The van der Waals surface area contributed by atoms with Gasteiger partial charge in [-0.3, -0.25) is 0 Å². The minimum absolute atomic E-state index is 0.0636. The predicted molar refractivity (Wildman–Crippen MR) is 154 cm³/mol. The number of esters is 1. The van der Waals surface area contributed by atoms with Crippen LogP contribution in [0.25, 0.3) is 0 Å². The lowest BCUT2D eigenvalue weighted by Crippen LogP contribution is -2.38. The Morgan fingerprint density at radius 1 is 0.974 bits per heavy atom. The molecule has 0 bridgehead atoms. The first kappa shape index (κ1) is 34.0. The molecule has 1 rings (SSSR count). The van der Waals surface area contributed by atoms with Crippen LogP contribution >= 0.6 is 0 Å². The van der Waals surface area contributed by atoms with Crippen LogP contribution < -0.4 is 0 Å². The van der Waals surface area contributed by atoms with E-state index in [0.717, 1.165) is 18.4 Å². The molecule has 38 heavy (non-hydrogen) atoms. The fraction of sp³-hybridized carbons (Fsp3) is 0.656. The van der Waals surface area contributed by atoms with Gasteiger partial charge in [0.05, 0.1) is 24.4 Å². The van der Waals surface area contributed by atoms with E-state index in [-0.39, 0.29) is 35.7 Å². The number of cyclic esters (lactones) is 1. The third-order valence-electron chi connectivity index (χ3n) is 7.59. The van der Waals surface area contributed by atoms with Gasteiger partial charge in [-0.25, -0.2) is 4.79 Å². The summed E-state index contributed by atoms with van der Waals surface area (Å²) < 4.78 is 5.93. The first-order valence-corrected chi connectivity index (χ1v) is 14.1. The van der Waals surface area contributed by atoms with Crippen LogP contribution in [0.4, 0.5) is 0 Å². The molecule has 1 aliphatic heterocycles. The fourth-order valence-electron chi connectivity index (χ4n) is 4.45. The van der Waals surface area contributed by atoms with E-state index < -0.39 is 24.4 Å². The molecule has 0 aliphatic carbocycles. The van der Waals surface area contributed by atoms with E-state index in [1.54, 1.807) is 33.8 Å². The zero-order chi connectivity index (χ0) is 28.8. The van der Waals surface area contributed by atoms with Crippen molar-refractivity contribution < 1.29 is 30.0 Å². The maximum absolute atomic E-state index is 12.9. The summed E-state index contributed by atoms with van der Waals surface area (Å²) in [6.45, 7) is 12.9. The summed E-state index contributed by atoms with van der Waals surface area (Å²) >= 11 is 0. The van der Waals surface area contributed by atoms with Crippen LogP contribution in [0.2, 0.25) is 0 Å².